The molecule has 3 N–H and O–H groups in total. The maximum absolute atomic E-state index is 14.0. The van der Waals surface area contributed by atoms with Crippen LogP contribution in [0.15, 0.2) is 79.0 Å². The van der Waals surface area contributed by atoms with Gasteiger partial charge in [0.2, 0.25) is 5.91 Å². The third-order valence-corrected chi connectivity index (χ3v) is 8.42. The lowest BCUT2D eigenvalue weighted by Gasteiger charge is -2.34. The molecule has 5 rings (SSSR count). The zero-order valence-electron chi connectivity index (χ0n) is 24.5. The minimum Gasteiger partial charge on any atom is -0.361 e. The van der Waals surface area contributed by atoms with Gasteiger partial charge in [0, 0.05) is 48.3 Å². The summed E-state index contributed by atoms with van der Waals surface area (Å²) in [6.07, 6.45) is 3.77. The Hall–Kier alpha value is -4.10. The molecule has 7 nitrogen and oxygen atoms in total. The van der Waals surface area contributed by atoms with Crippen LogP contribution >= 0.6 is 0 Å². The molecule has 2 unspecified atom stereocenters. The molecule has 2 atom stereocenters. The van der Waals surface area contributed by atoms with Gasteiger partial charge >= 0.3 is 6.03 Å². The molecular weight excluding hydrogens is 510 g/mol. The average molecular weight is 552 g/mol. The molecule has 0 aliphatic carbocycles. The monoisotopic (exact) mass is 551 g/mol. The molecule has 0 saturated carbocycles. The summed E-state index contributed by atoms with van der Waals surface area (Å²) in [7, 11) is 4.06. The first-order valence-electron chi connectivity index (χ1n) is 14.5. The Morgan fingerprint density at radius 1 is 0.976 bits per heavy atom. The largest absolute Gasteiger partial charge is 0.361 e. The van der Waals surface area contributed by atoms with Gasteiger partial charge in [0.05, 0.1) is 0 Å². The summed E-state index contributed by atoms with van der Waals surface area (Å²) < 4.78 is 0. The normalized spacial score (nSPS) is 15.6. The number of urea groups is 1. The van der Waals surface area contributed by atoms with Gasteiger partial charge in [0.15, 0.2) is 0 Å². The predicted molar refractivity (Wildman–Crippen MR) is 166 cm³/mol. The van der Waals surface area contributed by atoms with Crippen LogP contribution in [0.3, 0.4) is 0 Å². The highest BCUT2D eigenvalue weighted by atomic mass is 16.2. The van der Waals surface area contributed by atoms with Crippen LogP contribution in [0.4, 0.5) is 10.5 Å². The number of H-pyrrole nitrogens is 1. The summed E-state index contributed by atoms with van der Waals surface area (Å²) in [6.45, 7) is 6.14. The minimum absolute atomic E-state index is 0.193. The van der Waals surface area contributed by atoms with Crippen molar-refractivity contribution >= 4 is 28.5 Å². The number of nitrogens with one attached hydrogen (secondary N) is 3. The third kappa shape index (κ3) is 6.46. The molecule has 41 heavy (non-hydrogen) atoms. The van der Waals surface area contributed by atoms with E-state index in [1.807, 2.05) is 75.4 Å². The Bertz CT molecular complexity index is 1490. The molecule has 1 aliphatic rings. The van der Waals surface area contributed by atoms with Crippen molar-refractivity contribution in [2.24, 2.45) is 0 Å². The molecule has 3 aromatic carbocycles. The maximum atomic E-state index is 14.0. The number of piperidine rings is 1. The Balaban J connectivity index is 1.36. The van der Waals surface area contributed by atoms with Gasteiger partial charge in [-0.2, -0.15) is 0 Å². The molecule has 1 saturated heterocycles. The lowest BCUT2D eigenvalue weighted by molar-refractivity contribution is -0.118. The lowest BCUT2D eigenvalue weighted by atomic mass is 9.89. The van der Waals surface area contributed by atoms with Crippen molar-refractivity contribution in [1.82, 2.24) is 20.1 Å². The highest BCUT2D eigenvalue weighted by molar-refractivity contribution is 5.99. The molecule has 2 heterocycles. The van der Waals surface area contributed by atoms with Crippen LogP contribution in [0.25, 0.3) is 10.9 Å². The van der Waals surface area contributed by atoms with E-state index < -0.39 is 6.04 Å². The molecule has 1 aromatic heterocycles. The smallest absolute Gasteiger partial charge is 0.318 e. The number of fused-ring (bicyclic) bond motifs is 1. The highest BCUT2D eigenvalue weighted by Gasteiger charge is 2.33. The van der Waals surface area contributed by atoms with E-state index in [9.17, 15) is 9.59 Å². The minimum atomic E-state index is -0.759. The second-order valence-corrected chi connectivity index (χ2v) is 11.5. The van der Waals surface area contributed by atoms with Crippen molar-refractivity contribution in [1.29, 1.82) is 0 Å². The number of likely N-dealkylation sites (tertiary alicyclic amines) is 1. The van der Waals surface area contributed by atoms with Crippen LogP contribution < -0.4 is 10.6 Å². The molecular formula is C34H41N5O2. The fourth-order valence-corrected chi connectivity index (χ4v) is 5.97. The fourth-order valence-electron chi connectivity index (χ4n) is 5.97. The number of benzene rings is 3. The standard InChI is InChI=1S/C34H41N5O2/c1-23-27(22-38(3)4)13-10-16-30(23)36-33(40)32(24(2)29-21-35-31-15-9-8-14-28(29)31)37-34(41)39-19-17-26(18-20-39)25-11-6-5-7-12-25/h5-16,21,24,26,32,35H,17-20,22H2,1-4H3,(H,36,40)(H,37,41). The summed E-state index contributed by atoms with van der Waals surface area (Å²) in [5.74, 6) is -0.0375. The first kappa shape index (κ1) is 28.4. The number of hydrogen-bond acceptors (Lipinski definition) is 3. The van der Waals surface area contributed by atoms with Crippen LogP contribution in [-0.4, -0.2) is 59.9 Å². The average Bonchev–Trinajstić information content (AvgIpc) is 3.42. The van der Waals surface area contributed by atoms with Crippen LogP contribution in [0.2, 0.25) is 0 Å². The SMILES string of the molecule is Cc1c(CN(C)C)cccc1NC(=O)C(NC(=O)N1CCC(c2ccccc2)CC1)C(C)c1c[nH]c2ccccc12. The fraction of sp³-hybridized carbons (Fsp3) is 0.353. The van der Waals surface area contributed by atoms with E-state index in [0.29, 0.717) is 19.0 Å². The quantitative estimate of drug-likeness (QED) is 0.243. The van der Waals surface area contributed by atoms with E-state index in [-0.39, 0.29) is 17.9 Å². The first-order valence-corrected chi connectivity index (χ1v) is 14.5. The van der Waals surface area contributed by atoms with E-state index in [1.165, 1.54) is 5.56 Å². The van der Waals surface area contributed by atoms with E-state index in [1.54, 1.807) is 0 Å². The van der Waals surface area contributed by atoms with Gasteiger partial charge < -0.3 is 25.4 Å². The third-order valence-electron chi connectivity index (χ3n) is 8.42. The summed E-state index contributed by atoms with van der Waals surface area (Å²) >= 11 is 0. The number of hydrogen-bond donors (Lipinski definition) is 3. The summed E-state index contributed by atoms with van der Waals surface area (Å²) in [4.78, 5) is 34.9. The van der Waals surface area contributed by atoms with E-state index in [4.69, 9.17) is 0 Å². The number of aromatic amines is 1. The van der Waals surface area contributed by atoms with Crippen LogP contribution in [0, 0.1) is 6.92 Å². The molecule has 0 spiro atoms. The van der Waals surface area contributed by atoms with E-state index >= 15 is 0 Å². The second kappa shape index (κ2) is 12.6. The van der Waals surface area contributed by atoms with Gasteiger partial charge in [-0.3, -0.25) is 4.79 Å². The van der Waals surface area contributed by atoms with Gasteiger partial charge in [0.1, 0.15) is 6.04 Å². The molecule has 0 radical (unpaired) electrons. The van der Waals surface area contributed by atoms with Crippen LogP contribution in [-0.2, 0) is 11.3 Å². The molecule has 7 heteroatoms. The number of carbonyl (C=O) groups is 2. The number of amides is 3. The number of carbonyl (C=O) groups excluding carboxylic acids is 2. The van der Waals surface area contributed by atoms with Crippen molar-refractivity contribution in [2.45, 2.75) is 51.1 Å². The highest BCUT2D eigenvalue weighted by Crippen LogP contribution is 2.31. The zero-order chi connectivity index (χ0) is 28.9. The first-order chi connectivity index (χ1) is 19.8. The Morgan fingerprint density at radius 2 is 1.68 bits per heavy atom. The molecule has 0 bridgehead atoms. The summed E-state index contributed by atoms with van der Waals surface area (Å²) in [5, 5.41) is 7.34. The van der Waals surface area contributed by atoms with Crippen molar-refractivity contribution in [3.8, 4) is 0 Å². The van der Waals surface area contributed by atoms with Crippen molar-refractivity contribution < 1.29 is 9.59 Å². The zero-order valence-corrected chi connectivity index (χ0v) is 24.5. The van der Waals surface area contributed by atoms with Crippen molar-refractivity contribution in [3.05, 3.63) is 101 Å². The van der Waals surface area contributed by atoms with Crippen LogP contribution in [0.5, 0.6) is 0 Å². The van der Waals surface area contributed by atoms with E-state index in [2.05, 4.69) is 56.9 Å². The number of anilines is 1. The molecule has 1 aliphatic heterocycles. The lowest BCUT2D eigenvalue weighted by Crippen LogP contribution is -2.53. The Kier molecular flexibility index (Phi) is 8.74. The number of nitrogens with zero attached hydrogens (tertiary/aromatic N) is 2. The van der Waals surface area contributed by atoms with Gasteiger partial charge in [-0.25, -0.2) is 4.79 Å². The van der Waals surface area contributed by atoms with Crippen molar-refractivity contribution in [3.63, 3.8) is 0 Å². The number of rotatable bonds is 8. The van der Waals surface area contributed by atoms with Gasteiger partial charge in [-0.05, 0) is 74.2 Å². The summed E-state index contributed by atoms with van der Waals surface area (Å²) in [5.41, 5.74) is 6.28. The predicted octanol–water partition coefficient (Wildman–Crippen LogP) is 6.24. The molecule has 4 aromatic rings. The second-order valence-electron chi connectivity index (χ2n) is 11.5. The Labute approximate surface area is 242 Å². The van der Waals surface area contributed by atoms with Crippen molar-refractivity contribution in [2.75, 3.05) is 32.5 Å². The molecule has 3 amide bonds. The molecule has 1 fully saturated rings. The Morgan fingerprint density at radius 3 is 2.41 bits per heavy atom. The topological polar surface area (TPSA) is 80.5 Å². The van der Waals surface area contributed by atoms with Gasteiger partial charge in [-0.15, -0.1) is 0 Å². The maximum Gasteiger partial charge on any atom is 0.318 e. The molecule has 214 valence electrons. The van der Waals surface area contributed by atoms with E-state index in [0.717, 1.165) is 52.7 Å². The van der Waals surface area contributed by atoms with Crippen LogP contribution in [0.1, 0.15) is 53.9 Å². The summed E-state index contributed by atoms with van der Waals surface area (Å²) in [6, 6.07) is 23.6. The number of para-hydroxylation sites is 1. The van der Waals surface area contributed by atoms with Gasteiger partial charge in [0.25, 0.3) is 0 Å². The number of aromatic nitrogens is 1. The van der Waals surface area contributed by atoms with Gasteiger partial charge in [-0.1, -0.05) is 67.6 Å².